The minimum Gasteiger partial charge on any atom is -0.504 e. The number of thioether (sulfide) groups is 1. The number of hydrogen-bond donors (Lipinski definition) is 2. The van der Waals surface area contributed by atoms with Crippen molar-refractivity contribution in [3.63, 3.8) is 0 Å². The molecule has 6 nitrogen and oxygen atoms in total. The third-order valence-corrected chi connectivity index (χ3v) is 6.70. The van der Waals surface area contributed by atoms with Crippen LogP contribution in [0.5, 0.6) is 11.5 Å². The highest BCUT2D eigenvalue weighted by atomic mass is 32.2. The molecule has 1 saturated heterocycles. The van der Waals surface area contributed by atoms with E-state index in [1.807, 2.05) is 0 Å². The maximum atomic E-state index is 12.5. The van der Waals surface area contributed by atoms with Crippen LogP contribution in [0.25, 0.3) is 0 Å². The number of amides is 1. The maximum absolute atomic E-state index is 12.5. The molecule has 0 spiro atoms. The lowest BCUT2D eigenvalue weighted by Gasteiger charge is -2.34. The van der Waals surface area contributed by atoms with E-state index in [2.05, 4.69) is 0 Å². The van der Waals surface area contributed by atoms with Gasteiger partial charge in [-0.2, -0.15) is 11.8 Å². The summed E-state index contributed by atoms with van der Waals surface area (Å²) < 4.78 is 24.3. The van der Waals surface area contributed by atoms with Crippen molar-refractivity contribution in [3.8, 4) is 11.5 Å². The van der Waals surface area contributed by atoms with Gasteiger partial charge in [-0.25, -0.2) is 8.42 Å². The highest BCUT2D eigenvalue weighted by molar-refractivity contribution is 8.01. The molecule has 1 unspecified atom stereocenters. The molecule has 21 heavy (non-hydrogen) atoms. The van der Waals surface area contributed by atoms with Gasteiger partial charge in [0.25, 0.3) is 5.91 Å². The Morgan fingerprint density at radius 3 is 2.81 bits per heavy atom. The summed E-state index contributed by atoms with van der Waals surface area (Å²) in [6, 6.07) is 4.07. The van der Waals surface area contributed by atoms with Gasteiger partial charge in [-0.3, -0.25) is 4.79 Å². The van der Waals surface area contributed by atoms with E-state index in [0.717, 1.165) is 0 Å². The van der Waals surface area contributed by atoms with Gasteiger partial charge in [0, 0.05) is 23.8 Å². The monoisotopic (exact) mass is 331 g/mol. The summed E-state index contributed by atoms with van der Waals surface area (Å²) in [7, 11) is -3.41. The maximum Gasteiger partial charge on any atom is 0.258 e. The molecule has 2 rings (SSSR count). The number of aromatic hydroxyl groups is 2. The molecule has 1 atom stereocenters. The summed E-state index contributed by atoms with van der Waals surface area (Å²) >= 11 is 1.48. The van der Waals surface area contributed by atoms with Crippen molar-refractivity contribution in [3.05, 3.63) is 23.8 Å². The van der Waals surface area contributed by atoms with Gasteiger partial charge >= 0.3 is 0 Å². The van der Waals surface area contributed by atoms with Crippen LogP contribution in [0.4, 0.5) is 0 Å². The number of para-hydroxylation sites is 1. The number of phenolic OH excluding ortho intramolecular Hbond substituents is 2. The Balaban J connectivity index is 2.38. The van der Waals surface area contributed by atoms with Crippen molar-refractivity contribution in [1.82, 2.24) is 4.90 Å². The standard InChI is InChI=1S/C13H17NO5S2/c1-2-21(18,19)11-8-20-7-6-14(11)13(17)9-4-3-5-10(15)12(9)16/h3-5,11,15-16H,2,6-8H2,1H3. The number of phenols is 2. The van der Waals surface area contributed by atoms with Crippen LogP contribution >= 0.6 is 11.8 Å². The van der Waals surface area contributed by atoms with Gasteiger partial charge in [0.15, 0.2) is 21.3 Å². The van der Waals surface area contributed by atoms with Crippen LogP contribution in [-0.4, -0.2) is 58.6 Å². The number of carbonyl (C=O) groups excluding carboxylic acids is 1. The second kappa shape index (κ2) is 6.15. The lowest BCUT2D eigenvalue weighted by atomic mass is 10.1. The first kappa shape index (κ1) is 16.0. The fourth-order valence-corrected chi connectivity index (χ4v) is 5.13. The van der Waals surface area contributed by atoms with Gasteiger partial charge in [0.05, 0.1) is 5.56 Å². The Labute approximate surface area is 127 Å². The van der Waals surface area contributed by atoms with Crippen molar-refractivity contribution < 1.29 is 23.4 Å². The molecular weight excluding hydrogens is 314 g/mol. The van der Waals surface area contributed by atoms with Crippen LogP contribution in [0.3, 0.4) is 0 Å². The Hall–Kier alpha value is -1.41. The third-order valence-electron chi connectivity index (χ3n) is 3.41. The zero-order chi connectivity index (χ0) is 15.6. The minimum absolute atomic E-state index is 0.0476. The van der Waals surface area contributed by atoms with E-state index in [9.17, 15) is 23.4 Å². The molecule has 1 aliphatic heterocycles. The lowest BCUT2D eigenvalue weighted by Crippen LogP contribution is -2.50. The Morgan fingerprint density at radius 2 is 2.14 bits per heavy atom. The van der Waals surface area contributed by atoms with E-state index in [0.29, 0.717) is 18.1 Å². The van der Waals surface area contributed by atoms with Crippen molar-refractivity contribution in [1.29, 1.82) is 0 Å². The normalized spacial score (nSPS) is 19.5. The largest absolute Gasteiger partial charge is 0.504 e. The summed E-state index contributed by atoms with van der Waals surface area (Å²) in [4.78, 5) is 13.8. The first-order valence-electron chi connectivity index (χ1n) is 6.49. The van der Waals surface area contributed by atoms with Gasteiger partial charge in [-0.05, 0) is 12.1 Å². The molecule has 1 heterocycles. The first-order valence-corrected chi connectivity index (χ1v) is 9.36. The predicted octanol–water partition coefficient (Wildman–Crippen LogP) is 1.05. The molecule has 1 aliphatic rings. The zero-order valence-electron chi connectivity index (χ0n) is 11.5. The number of carbonyl (C=O) groups is 1. The fourth-order valence-electron chi connectivity index (χ4n) is 2.16. The van der Waals surface area contributed by atoms with Gasteiger partial charge in [-0.1, -0.05) is 13.0 Å². The van der Waals surface area contributed by atoms with E-state index in [4.69, 9.17) is 0 Å². The third kappa shape index (κ3) is 3.11. The predicted molar refractivity (Wildman–Crippen MR) is 81.4 cm³/mol. The van der Waals surface area contributed by atoms with E-state index >= 15 is 0 Å². The topological polar surface area (TPSA) is 94.9 Å². The summed E-state index contributed by atoms with van der Waals surface area (Å²) in [5, 5.41) is 18.4. The highest BCUT2D eigenvalue weighted by Gasteiger charge is 2.37. The van der Waals surface area contributed by atoms with E-state index in [1.165, 1.54) is 34.9 Å². The van der Waals surface area contributed by atoms with Gasteiger partial charge < -0.3 is 15.1 Å². The van der Waals surface area contributed by atoms with Gasteiger partial charge in [-0.15, -0.1) is 0 Å². The van der Waals surface area contributed by atoms with Crippen LogP contribution in [0.2, 0.25) is 0 Å². The quantitative estimate of drug-likeness (QED) is 0.804. The smallest absolute Gasteiger partial charge is 0.258 e. The molecule has 1 fully saturated rings. The Kier molecular flexibility index (Phi) is 4.67. The average molecular weight is 331 g/mol. The van der Waals surface area contributed by atoms with Crippen LogP contribution in [0.15, 0.2) is 18.2 Å². The zero-order valence-corrected chi connectivity index (χ0v) is 13.2. The molecule has 1 aromatic rings. The molecule has 116 valence electrons. The SMILES string of the molecule is CCS(=O)(=O)C1CSCCN1C(=O)c1cccc(O)c1O. The van der Waals surface area contributed by atoms with Crippen molar-refractivity contribution in [2.24, 2.45) is 0 Å². The fraction of sp³-hybridized carbons (Fsp3) is 0.462. The highest BCUT2D eigenvalue weighted by Crippen LogP contribution is 2.31. The lowest BCUT2D eigenvalue weighted by molar-refractivity contribution is 0.0745. The van der Waals surface area contributed by atoms with Crippen LogP contribution in [0, 0.1) is 0 Å². The second-order valence-electron chi connectivity index (χ2n) is 4.65. The van der Waals surface area contributed by atoms with E-state index < -0.39 is 32.6 Å². The average Bonchev–Trinajstić information content (AvgIpc) is 2.49. The Bertz CT molecular complexity index is 644. The van der Waals surface area contributed by atoms with Gasteiger partial charge in [0.2, 0.25) is 0 Å². The second-order valence-corrected chi connectivity index (χ2v) is 8.25. The number of sulfone groups is 1. The van der Waals surface area contributed by atoms with Crippen molar-refractivity contribution in [2.45, 2.75) is 12.3 Å². The molecule has 1 amide bonds. The molecule has 2 N–H and O–H groups in total. The molecule has 0 aliphatic carbocycles. The molecule has 0 saturated carbocycles. The van der Waals surface area contributed by atoms with Crippen molar-refractivity contribution >= 4 is 27.5 Å². The molecular formula is C13H17NO5S2. The number of hydrogen-bond acceptors (Lipinski definition) is 6. The van der Waals surface area contributed by atoms with Gasteiger partial charge in [0.1, 0.15) is 5.37 Å². The molecule has 0 radical (unpaired) electrons. The number of benzene rings is 1. The van der Waals surface area contributed by atoms with Crippen LogP contribution in [0.1, 0.15) is 17.3 Å². The van der Waals surface area contributed by atoms with E-state index in [1.54, 1.807) is 6.92 Å². The summed E-state index contributed by atoms with van der Waals surface area (Å²) in [5.41, 5.74) is -0.0850. The molecule has 0 aromatic heterocycles. The molecule has 8 heteroatoms. The number of rotatable bonds is 3. The summed E-state index contributed by atoms with van der Waals surface area (Å²) in [5.74, 6) is -0.586. The van der Waals surface area contributed by atoms with Crippen LogP contribution in [-0.2, 0) is 9.84 Å². The first-order chi connectivity index (χ1) is 9.88. The Morgan fingerprint density at radius 1 is 1.43 bits per heavy atom. The summed E-state index contributed by atoms with van der Waals surface area (Å²) in [6.07, 6.45) is 0. The molecule has 1 aromatic carbocycles. The van der Waals surface area contributed by atoms with E-state index in [-0.39, 0.29) is 11.3 Å². The van der Waals surface area contributed by atoms with Crippen LogP contribution < -0.4 is 0 Å². The molecule has 0 bridgehead atoms. The number of nitrogens with zero attached hydrogens (tertiary/aromatic N) is 1. The summed E-state index contributed by atoms with van der Waals surface area (Å²) in [6.45, 7) is 1.84. The minimum atomic E-state index is -3.41. The van der Waals surface area contributed by atoms with Crippen molar-refractivity contribution in [2.75, 3.05) is 23.8 Å².